The third kappa shape index (κ3) is 1.77. The number of rotatable bonds is 2. The van der Waals surface area contributed by atoms with Crippen molar-refractivity contribution >= 4 is 12.2 Å². The lowest BCUT2D eigenvalue weighted by molar-refractivity contribution is -0.107. The van der Waals surface area contributed by atoms with Gasteiger partial charge >= 0.3 is 0 Å². The Morgan fingerprint density at radius 3 is 2.91 bits per heavy atom. The van der Waals surface area contributed by atoms with Crippen molar-refractivity contribution in [1.29, 1.82) is 0 Å². The second-order valence-corrected chi connectivity index (χ2v) is 2.41. The summed E-state index contributed by atoms with van der Waals surface area (Å²) in [5, 5.41) is 0. The van der Waals surface area contributed by atoms with Crippen LogP contribution < -0.4 is 4.90 Å². The summed E-state index contributed by atoms with van der Waals surface area (Å²) < 4.78 is 0. The van der Waals surface area contributed by atoms with Crippen molar-refractivity contribution in [2.75, 3.05) is 11.9 Å². The summed E-state index contributed by atoms with van der Waals surface area (Å²) in [5.74, 6) is 0.681. The third-order valence-electron chi connectivity index (χ3n) is 1.42. The van der Waals surface area contributed by atoms with E-state index in [9.17, 15) is 4.79 Å². The molecule has 0 aliphatic heterocycles. The molecule has 0 aliphatic carbocycles. The highest BCUT2D eigenvalue weighted by Gasteiger charge is 1.97. The first-order valence-corrected chi connectivity index (χ1v) is 3.35. The predicted molar refractivity (Wildman–Crippen MR) is 43.4 cm³/mol. The van der Waals surface area contributed by atoms with Crippen LogP contribution in [0.2, 0.25) is 0 Å². The van der Waals surface area contributed by atoms with E-state index >= 15 is 0 Å². The van der Waals surface area contributed by atoms with E-state index in [4.69, 9.17) is 0 Å². The molecule has 0 saturated heterocycles. The van der Waals surface area contributed by atoms with Crippen molar-refractivity contribution in [3.63, 3.8) is 0 Å². The fourth-order valence-corrected chi connectivity index (χ4v) is 0.767. The summed E-state index contributed by atoms with van der Waals surface area (Å²) in [5.41, 5.74) is 1.10. The molecule has 1 heterocycles. The number of hydrogen-bond donors (Lipinski definition) is 0. The van der Waals surface area contributed by atoms with Gasteiger partial charge in [-0.05, 0) is 24.6 Å². The quantitative estimate of drug-likeness (QED) is 0.589. The Bertz CT molecular complexity index is 260. The molecule has 1 aromatic heterocycles. The first-order valence-electron chi connectivity index (χ1n) is 3.35. The molecule has 0 unspecified atom stereocenters. The number of anilines is 1. The van der Waals surface area contributed by atoms with Crippen LogP contribution in [0.25, 0.3) is 0 Å². The number of carbonyl (C=O) groups is 1. The molecular formula is C8H10N2O. The molecule has 0 fully saturated rings. The molecule has 11 heavy (non-hydrogen) atoms. The van der Waals surface area contributed by atoms with Gasteiger partial charge in [-0.1, -0.05) is 0 Å². The molecule has 58 valence electrons. The van der Waals surface area contributed by atoms with Gasteiger partial charge in [-0.15, -0.1) is 0 Å². The van der Waals surface area contributed by atoms with Gasteiger partial charge in [0.05, 0.1) is 0 Å². The van der Waals surface area contributed by atoms with Crippen LogP contribution >= 0.6 is 0 Å². The highest BCUT2D eigenvalue weighted by Crippen LogP contribution is 2.07. The first kappa shape index (κ1) is 7.72. The van der Waals surface area contributed by atoms with Crippen LogP contribution in [0.5, 0.6) is 0 Å². The minimum absolute atomic E-state index is 0.681. The number of nitrogens with zero attached hydrogens (tertiary/aromatic N) is 2. The largest absolute Gasteiger partial charge is 0.303 e. The average molecular weight is 150 g/mol. The van der Waals surface area contributed by atoms with Gasteiger partial charge in [-0.25, -0.2) is 4.98 Å². The Kier molecular flexibility index (Phi) is 2.21. The average Bonchev–Trinajstić information content (AvgIpc) is 2.03. The molecule has 1 amide bonds. The van der Waals surface area contributed by atoms with Gasteiger partial charge in [0.15, 0.2) is 0 Å². The van der Waals surface area contributed by atoms with Gasteiger partial charge in [0.1, 0.15) is 5.82 Å². The second-order valence-electron chi connectivity index (χ2n) is 2.41. The molecule has 3 nitrogen and oxygen atoms in total. The van der Waals surface area contributed by atoms with Crippen LogP contribution in [0.1, 0.15) is 5.56 Å². The van der Waals surface area contributed by atoms with Gasteiger partial charge in [-0.2, -0.15) is 0 Å². The Labute approximate surface area is 65.7 Å². The predicted octanol–water partition coefficient (Wildman–Crippen LogP) is 0.983. The van der Waals surface area contributed by atoms with Crippen LogP contribution in [0.15, 0.2) is 18.3 Å². The Morgan fingerprint density at radius 2 is 2.36 bits per heavy atom. The molecule has 0 N–H and O–H groups in total. The molecule has 0 bridgehead atoms. The van der Waals surface area contributed by atoms with Crippen molar-refractivity contribution in [3.8, 4) is 0 Å². The maximum atomic E-state index is 10.3. The molecule has 1 aromatic rings. The van der Waals surface area contributed by atoms with Gasteiger partial charge in [0.2, 0.25) is 6.41 Å². The number of aryl methyl sites for hydroxylation is 1. The SMILES string of the molecule is Cc1ccnc(N(C)C=O)c1. The molecular weight excluding hydrogens is 140 g/mol. The zero-order valence-electron chi connectivity index (χ0n) is 6.61. The molecule has 0 saturated carbocycles. The molecule has 0 radical (unpaired) electrons. The van der Waals surface area contributed by atoms with Crippen LogP contribution in [0, 0.1) is 6.92 Å². The van der Waals surface area contributed by atoms with Crippen molar-refractivity contribution in [2.24, 2.45) is 0 Å². The number of amides is 1. The molecule has 0 atom stereocenters. The standard InChI is InChI=1S/C8H10N2O/c1-7-3-4-9-8(5-7)10(2)6-11/h3-6H,1-2H3. The number of pyridine rings is 1. The molecule has 0 aliphatic rings. The van der Waals surface area contributed by atoms with Gasteiger partial charge in [0, 0.05) is 13.2 Å². The van der Waals surface area contributed by atoms with Gasteiger partial charge < -0.3 is 4.90 Å². The van der Waals surface area contributed by atoms with Crippen LogP contribution in [-0.2, 0) is 4.79 Å². The van der Waals surface area contributed by atoms with E-state index in [1.165, 1.54) is 4.90 Å². The maximum absolute atomic E-state index is 10.3. The molecule has 1 rings (SSSR count). The Morgan fingerprint density at radius 1 is 1.64 bits per heavy atom. The van der Waals surface area contributed by atoms with E-state index in [-0.39, 0.29) is 0 Å². The topological polar surface area (TPSA) is 33.2 Å². The summed E-state index contributed by atoms with van der Waals surface area (Å²) >= 11 is 0. The summed E-state index contributed by atoms with van der Waals surface area (Å²) in [6, 6.07) is 3.75. The van der Waals surface area contributed by atoms with Crippen molar-refractivity contribution in [2.45, 2.75) is 6.92 Å². The van der Waals surface area contributed by atoms with E-state index in [2.05, 4.69) is 4.98 Å². The van der Waals surface area contributed by atoms with E-state index in [1.807, 2.05) is 19.1 Å². The number of carbonyl (C=O) groups excluding carboxylic acids is 1. The summed E-state index contributed by atoms with van der Waals surface area (Å²) in [7, 11) is 1.68. The van der Waals surface area contributed by atoms with E-state index in [0.717, 1.165) is 12.0 Å². The monoisotopic (exact) mass is 150 g/mol. The number of aromatic nitrogens is 1. The third-order valence-corrected chi connectivity index (χ3v) is 1.42. The van der Waals surface area contributed by atoms with E-state index in [0.29, 0.717) is 5.82 Å². The molecule has 0 spiro atoms. The fraction of sp³-hybridized carbons (Fsp3) is 0.250. The lowest BCUT2D eigenvalue weighted by atomic mass is 10.3. The van der Waals surface area contributed by atoms with Crippen molar-refractivity contribution < 1.29 is 4.79 Å². The van der Waals surface area contributed by atoms with Crippen LogP contribution in [0.4, 0.5) is 5.82 Å². The van der Waals surface area contributed by atoms with Crippen LogP contribution in [-0.4, -0.2) is 18.4 Å². The summed E-state index contributed by atoms with van der Waals surface area (Å²) in [6.45, 7) is 1.96. The summed E-state index contributed by atoms with van der Waals surface area (Å²) in [4.78, 5) is 15.7. The highest BCUT2D eigenvalue weighted by atomic mass is 16.1. The minimum Gasteiger partial charge on any atom is -0.303 e. The Balaban J connectivity index is 2.95. The van der Waals surface area contributed by atoms with Crippen molar-refractivity contribution in [1.82, 2.24) is 4.98 Å². The fourth-order valence-electron chi connectivity index (χ4n) is 0.767. The molecule has 3 heteroatoms. The lowest BCUT2D eigenvalue weighted by Gasteiger charge is -2.08. The smallest absolute Gasteiger partial charge is 0.215 e. The zero-order chi connectivity index (χ0) is 8.27. The highest BCUT2D eigenvalue weighted by molar-refractivity contribution is 5.71. The molecule has 0 aromatic carbocycles. The zero-order valence-corrected chi connectivity index (χ0v) is 6.61. The normalized spacial score (nSPS) is 9.27. The second kappa shape index (κ2) is 3.14. The van der Waals surface area contributed by atoms with Gasteiger partial charge in [-0.3, -0.25) is 4.79 Å². The minimum atomic E-state index is 0.681. The maximum Gasteiger partial charge on any atom is 0.215 e. The Hall–Kier alpha value is -1.38. The lowest BCUT2D eigenvalue weighted by Crippen LogP contribution is -2.14. The van der Waals surface area contributed by atoms with Crippen molar-refractivity contribution in [3.05, 3.63) is 23.9 Å². The van der Waals surface area contributed by atoms with Gasteiger partial charge in [0.25, 0.3) is 0 Å². The first-order chi connectivity index (χ1) is 5.24. The number of hydrogen-bond acceptors (Lipinski definition) is 2. The summed E-state index contributed by atoms with van der Waals surface area (Å²) in [6.07, 6.45) is 2.42. The van der Waals surface area contributed by atoms with Crippen LogP contribution in [0.3, 0.4) is 0 Å². The van der Waals surface area contributed by atoms with E-state index < -0.39 is 0 Å². The van der Waals surface area contributed by atoms with E-state index in [1.54, 1.807) is 13.2 Å².